The number of ketones is 1. The summed E-state index contributed by atoms with van der Waals surface area (Å²) < 4.78 is 5.22. The van der Waals surface area contributed by atoms with Gasteiger partial charge >= 0.3 is 6.09 Å². The topological polar surface area (TPSA) is 142 Å². The Morgan fingerprint density at radius 3 is 2.68 bits per heavy atom. The van der Waals surface area contributed by atoms with Crippen LogP contribution < -0.4 is 16.0 Å². The Bertz CT molecular complexity index is 1000. The van der Waals surface area contributed by atoms with Gasteiger partial charge in [-0.25, -0.2) is 4.79 Å². The second-order valence-corrected chi connectivity index (χ2v) is 8.65. The number of nitrogens with one attached hydrogen (secondary N) is 4. The Morgan fingerprint density at radius 1 is 1.18 bits per heavy atom. The summed E-state index contributed by atoms with van der Waals surface area (Å²) in [7, 11) is 0. The summed E-state index contributed by atoms with van der Waals surface area (Å²) in [6.07, 6.45) is 1.62. The van der Waals surface area contributed by atoms with Gasteiger partial charge in [-0.05, 0) is 36.8 Å². The maximum Gasteiger partial charge on any atom is 0.408 e. The van der Waals surface area contributed by atoms with Crippen molar-refractivity contribution in [3.05, 3.63) is 53.3 Å². The van der Waals surface area contributed by atoms with Crippen LogP contribution in [-0.2, 0) is 38.6 Å². The third-order valence-corrected chi connectivity index (χ3v) is 5.55. The lowest BCUT2D eigenvalue weighted by atomic mass is 10.0. The molecule has 3 rings (SSSR count). The van der Waals surface area contributed by atoms with Gasteiger partial charge in [0.15, 0.2) is 0 Å². The van der Waals surface area contributed by atoms with E-state index in [9.17, 15) is 19.2 Å². The highest BCUT2D eigenvalue weighted by Crippen LogP contribution is 2.10. The molecule has 2 bridgehead atoms. The minimum Gasteiger partial charge on any atom is -0.445 e. The van der Waals surface area contributed by atoms with Gasteiger partial charge < -0.3 is 20.7 Å². The van der Waals surface area contributed by atoms with Crippen molar-refractivity contribution in [1.29, 1.82) is 0 Å². The Kier molecular flexibility index (Phi) is 8.78. The van der Waals surface area contributed by atoms with E-state index >= 15 is 0 Å². The molecule has 3 amide bonds. The minimum absolute atomic E-state index is 0.0581. The van der Waals surface area contributed by atoms with Crippen molar-refractivity contribution < 1.29 is 23.9 Å². The molecule has 0 aliphatic carbocycles. The molecule has 182 valence electrons. The number of carbonyl (C=O) groups is 4. The number of H-pyrrole nitrogens is 1. The van der Waals surface area contributed by atoms with Crippen LogP contribution in [0.2, 0.25) is 0 Å². The summed E-state index contributed by atoms with van der Waals surface area (Å²) in [6, 6.07) is 8.94. The summed E-state index contributed by atoms with van der Waals surface area (Å²) in [5, 5.41) is 14.9. The SMILES string of the molecule is CC(C)C(NC(=O)OCc1ccccc1)C(=O)NC1Cc2cc(n[nH]2)CCCCNC(=O)C1=O. The quantitative estimate of drug-likeness (QED) is 0.471. The number of ether oxygens (including phenoxy) is 1. The predicted octanol–water partition coefficient (Wildman–Crippen LogP) is 1.41. The van der Waals surface area contributed by atoms with Crippen molar-refractivity contribution in [3.63, 3.8) is 0 Å². The Morgan fingerprint density at radius 2 is 1.94 bits per heavy atom. The largest absolute Gasteiger partial charge is 0.445 e. The number of carbonyl (C=O) groups excluding carboxylic acids is 4. The molecular formula is C24H31N5O5. The first-order valence-electron chi connectivity index (χ1n) is 11.5. The van der Waals surface area contributed by atoms with E-state index in [1.165, 1.54) is 0 Å². The minimum atomic E-state index is -1.11. The highest BCUT2D eigenvalue weighted by Gasteiger charge is 2.32. The number of fused-ring (bicyclic) bond motifs is 2. The lowest BCUT2D eigenvalue weighted by Gasteiger charge is -2.24. The standard InChI is InChI=1S/C24H31N5O5/c1-15(2)20(27-24(33)34-14-16-8-4-3-5-9-16)22(31)26-19-13-18-12-17(28-29-18)10-6-7-11-25-23(32)21(19)30/h3-5,8-9,12,15,19-20H,6-7,10-11,13-14H2,1-2H3,(H,25,32)(H,26,31)(H,27,33)(H,28,29). The second-order valence-electron chi connectivity index (χ2n) is 8.65. The van der Waals surface area contributed by atoms with Gasteiger partial charge in [-0.3, -0.25) is 19.5 Å². The number of aromatic nitrogens is 2. The first-order chi connectivity index (χ1) is 16.3. The molecule has 1 aromatic heterocycles. The summed E-state index contributed by atoms with van der Waals surface area (Å²) in [6.45, 7) is 3.95. The third-order valence-electron chi connectivity index (χ3n) is 5.55. The van der Waals surface area contributed by atoms with E-state index in [2.05, 4.69) is 26.1 Å². The molecule has 0 saturated heterocycles. The van der Waals surface area contributed by atoms with Crippen LogP contribution in [0.25, 0.3) is 0 Å². The van der Waals surface area contributed by atoms with E-state index in [4.69, 9.17) is 4.74 Å². The van der Waals surface area contributed by atoms with Crippen LogP contribution in [0, 0.1) is 5.92 Å². The number of Topliss-reactive ketones (excluding diaryl/α,β-unsaturated/α-hetero) is 1. The summed E-state index contributed by atoms with van der Waals surface area (Å²) in [5.41, 5.74) is 2.31. The number of rotatable bonds is 6. The van der Waals surface area contributed by atoms with Crippen LogP contribution >= 0.6 is 0 Å². The molecule has 10 heteroatoms. The van der Waals surface area contributed by atoms with Crippen molar-refractivity contribution in [1.82, 2.24) is 26.1 Å². The van der Waals surface area contributed by atoms with Crippen molar-refractivity contribution in [3.8, 4) is 0 Å². The predicted molar refractivity (Wildman–Crippen MR) is 124 cm³/mol. The van der Waals surface area contributed by atoms with E-state index in [-0.39, 0.29) is 18.9 Å². The van der Waals surface area contributed by atoms with Crippen LogP contribution in [0.15, 0.2) is 36.4 Å². The number of aromatic amines is 1. The van der Waals surface area contributed by atoms with Gasteiger partial charge in [0.05, 0.1) is 5.69 Å². The zero-order valence-electron chi connectivity index (χ0n) is 19.4. The molecule has 1 aliphatic heterocycles. The van der Waals surface area contributed by atoms with E-state index in [1.54, 1.807) is 13.8 Å². The molecular weight excluding hydrogens is 438 g/mol. The highest BCUT2D eigenvalue weighted by atomic mass is 16.5. The number of aryl methyl sites for hydroxylation is 1. The molecule has 0 fully saturated rings. The fourth-order valence-electron chi connectivity index (χ4n) is 3.64. The zero-order valence-corrected chi connectivity index (χ0v) is 19.4. The zero-order chi connectivity index (χ0) is 24.5. The summed E-state index contributed by atoms with van der Waals surface area (Å²) >= 11 is 0. The Labute approximate surface area is 198 Å². The maximum absolute atomic E-state index is 13.1. The average Bonchev–Trinajstić information content (AvgIpc) is 3.27. The molecule has 1 aromatic carbocycles. The van der Waals surface area contributed by atoms with Gasteiger partial charge in [0, 0.05) is 18.7 Å². The van der Waals surface area contributed by atoms with Crippen molar-refractivity contribution in [2.75, 3.05) is 6.54 Å². The van der Waals surface area contributed by atoms with Crippen molar-refractivity contribution in [2.24, 2.45) is 5.92 Å². The van der Waals surface area contributed by atoms with Crippen molar-refractivity contribution in [2.45, 2.75) is 58.2 Å². The lowest BCUT2D eigenvalue weighted by Crippen LogP contribution is -2.56. The number of nitrogens with zero attached hydrogens (tertiary/aromatic N) is 1. The van der Waals surface area contributed by atoms with E-state index < -0.39 is 35.8 Å². The molecule has 2 atom stereocenters. The molecule has 0 radical (unpaired) electrons. The Balaban J connectivity index is 1.67. The van der Waals surface area contributed by atoms with E-state index in [0.29, 0.717) is 18.7 Å². The molecule has 1 aliphatic rings. The number of hydrogen-bond donors (Lipinski definition) is 4. The number of benzene rings is 1. The number of amides is 3. The van der Waals surface area contributed by atoms with Gasteiger partial charge in [0.2, 0.25) is 11.7 Å². The number of hydrogen-bond acceptors (Lipinski definition) is 6. The highest BCUT2D eigenvalue weighted by molar-refractivity contribution is 6.38. The Hall–Kier alpha value is -3.69. The monoisotopic (exact) mass is 469 g/mol. The first kappa shape index (κ1) is 24.9. The molecule has 2 unspecified atom stereocenters. The van der Waals surface area contributed by atoms with Crippen LogP contribution in [0.5, 0.6) is 0 Å². The third kappa shape index (κ3) is 7.16. The molecule has 4 N–H and O–H groups in total. The van der Waals surface area contributed by atoms with Crippen molar-refractivity contribution >= 4 is 23.7 Å². The summed E-state index contributed by atoms with van der Waals surface area (Å²) in [4.78, 5) is 50.6. The molecule has 2 heterocycles. The fourth-order valence-corrected chi connectivity index (χ4v) is 3.64. The smallest absolute Gasteiger partial charge is 0.408 e. The normalized spacial score (nSPS) is 17.7. The second kappa shape index (κ2) is 12.0. The number of alkyl carbamates (subject to hydrolysis) is 1. The van der Waals surface area contributed by atoms with Gasteiger partial charge in [-0.2, -0.15) is 5.10 Å². The first-order valence-corrected chi connectivity index (χ1v) is 11.5. The molecule has 34 heavy (non-hydrogen) atoms. The van der Waals surface area contributed by atoms with Crippen LogP contribution in [0.3, 0.4) is 0 Å². The van der Waals surface area contributed by atoms with Crippen LogP contribution in [0.1, 0.15) is 43.6 Å². The molecule has 2 aromatic rings. The molecule has 0 spiro atoms. The fraction of sp³-hybridized carbons (Fsp3) is 0.458. The average molecular weight is 470 g/mol. The summed E-state index contributed by atoms with van der Waals surface area (Å²) in [5.74, 6) is -2.37. The van der Waals surface area contributed by atoms with Gasteiger partial charge in [-0.15, -0.1) is 0 Å². The molecule has 0 saturated carbocycles. The lowest BCUT2D eigenvalue weighted by molar-refractivity contribution is -0.140. The van der Waals surface area contributed by atoms with Crippen LogP contribution in [-0.4, -0.2) is 52.5 Å². The molecule has 10 nitrogen and oxygen atoms in total. The van der Waals surface area contributed by atoms with Crippen LogP contribution in [0.4, 0.5) is 4.79 Å². The van der Waals surface area contributed by atoms with Gasteiger partial charge in [0.1, 0.15) is 18.7 Å². The van der Waals surface area contributed by atoms with Gasteiger partial charge in [-0.1, -0.05) is 44.2 Å². The maximum atomic E-state index is 13.1. The van der Waals surface area contributed by atoms with E-state index in [1.807, 2.05) is 36.4 Å². The van der Waals surface area contributed by atoms with Gasteiger partial charge in [0.25, 0.3) is 5.91 Å². The van der Waals surface area contributed by atoms with E-state index in [0.717, 1.165) is 24.1 Å².